The van der Waals surface area contributed by atoms with E-state index in [1.807, 2.05) is 36.4 Å². The molecule has 0 saturated carbocycles. The summed E-state index contributed by atoms with van der Waals surface area (Å²) in [5.41, 5.74) is 0.693. The molecule has 3 rings (SSSR count). The van der Waals surface area contributed by atoms with Gasteiger partial charge in [-0.3, -0.25) is 0 Å². The SMILES string of the molecule is FC(F)(F)C1CCCN1c1cccc2ccccc12. The van der Waals surface area contributed by atoms with Gasteiger partial charge in [-0.1, -0.05) is 36.4 Å². The van der Waals surface area contributed by atoms with Crippen LogP contribution in [-0.2, 0) is 0 Å². The average Bonchev–Trinajstić information content (AvgIpc) is 2.87. The summed E-state index contributed by atoms with van der Waals surface area (Å²) in [6.45, 7) is 0.470. The van der Waals surface area contributed by atoms with E-state index in [1.165, 1.54) is 4.90 Å². The molecule has 1 aliphatic rings. The second-order valence-corrected chi connectivity index (χ2v) is 4.89. The molecular formula is C15H14F3N. The van der Waals surface area contributed by atoms with Gasteiger partial charge in [0.2, 0.25) is 0 Å². The molecule has 0 amide bonds. The Kier molecular flexibility index (Phi) is 2.88. The monoisotopic (exact) mass is 265 g/mol. The molecule has 4 heteroatoms. The molecule has 19 heavy (non-hydrogen) atoms. The summed E-state index contributed by atoms with van der Waals surface area (Å²) >= 11 is 0. The van der Waals surface area contributed by atoms with Crippen molar-refractivity contribution < 1.29 is 13.2 Å². The summed E-state index contributed by atoms with van der Waals surface area (Å²) in [6.07, 6.45) is -3.38. The van der Waals surface area contributed by atoms with Crippen molar-refractivity contribution in [2.45, 2.75) is 25.1 Å². The van der Waals surface area contributed by atoms with Crippen LogP contribution in [-0.4, -0.2) is 18.8 Å². The summed E-state index contributed by atoms with van der Waals surface area (Å²) < 4.78 is 39.2. The van der Waals surface area contributed by atoms with Crippen LogP contribution in [0.15, 0.2) is 42.5 Å². The first-order valence-corrected chi connectivity index (χ1v) is 6.38. The van der Waals surface area contributed by atoms with Crippen molar-refractivity contribution >= 4 is 16.5 Å². The standard InChI is InChI=1S/C15H14F3N/c16-15(17,18)14-9-4-10-19(14)13-8-3-6-11-5-1-2-7-12(11)13/h1-3,5-8,14H,4,9-10H2. The number of alkyl halides is 3. The van der Waals surface area contributed by atoms with E-state index in [0.717, 1.165) is 10.8 Å². The van der Waals surface area contributed by atoms with Crippen LogP contribution in [0.4, 0.5) is 18.9 Å². The van der Waals surface area contributed by atoms with E-state index in [2.05, 4.69) is 0 Å². The molecule has 1 aliphatic heterocycles. The highest BCUT2D eigenvalue weighted by Gasteiger charge is 2.46. The maximum Gasteiger partial charge on any atom is 0.408 e. The van der Waals surface area contributed by atoms with E-state index in [4.69, 9.17) is 0 Å². The zero-order chi connectivity index (χ0) is 13.5. The molecule has 0 radical (unpaired) electrons. The summed E-state index contributed by atoms with van der Waals surface area (Å²) in [5.74, 6) is 0. The van der Waals surface area contributed by atoms with Gasteiger partial charge in [0, 0.05) is 17.6 Å². The molecule has 0 N–H and O–H groups in total. The lowest BCUT2D eigenvalue weighted by Gasteiger charge is -2.29. The van der Waals surface area contributed by atoms with Gasteiger partial charge in [-0.05, 0) is 24.3 Å². The Balaban J connectivity index is 2.09. The highest BCUT2D eigenvalue weighted by atomic mass is 19.4. The van der Waals surface area contributed by atoms with Gasteiger partial charge in [-0.25, -0.2) is 0 Å². The molecule has 1 fully saturated rings. The normalized spacial score (nSPS) is 20.2. The first-order valence-electron chi connectivity index (χ1n) is 6.38. The molecule has 1 unspecified atom stereocenters. The van der Waals surface area contributed by atoms with E-state index in [0.29, 0.717) is 18.7 Å². The number of rotatable bonds is 1. The Morgan fingerprint density at radius 2 is 1.74 bits per heavy atom. The Hall–Kier alpha value is -1.71. The lowest BCUT2D eigenvalue weighted by molar-refractivity contribution is -0.145. The van der Waals surface area contributed by atoms with E-state index in [1.54, 1.807) is 6.07 Å². The number of hydrogen-bond donors (Lipinski definition) is 0. The van der Waals surface area contributed by atoms with E-state index < -0.39 is 12.2 Å². The number of benzene rings is 2. The molecule has 0 aromatic heterocycles. The van der Waals surface area contributed by atoms with Crippen LogP contribution in [0.3, 0.4) is 0 Å². The topological polar surface area (TPSA) is 3.24 Å². The average molecular weight is 265 g/mol. The van der Waals surface area contributed by atoms with E-state index in [-0.39, 0.29) is 6.42 Å². The minimum Gasteiger partial charge on any atom is -0.359 e. The second kappa shape index (κ2) is 4.44. The first kappa shape index (κ1) is 12.3. The van der Waals surface area contributed by atoms with Crippen molar-refractivity contribution in [3.63, 3.8) is 0 Å². The lowest BCUT2D eigenvalue weighted by Crippen LogP contribution is -2.41. The summed E-state index contributed by atoms with van der Waals surface area (Å²) in [7, 11) is 0. The van der Waals surface area contributed by atoms with Crippen molar-refractivity contribution in [1.29, 1.82) is 0 Å². The number of fused-ring (bicyclic) bond motifs is 1. The second-order valence-electron chi connectivity index (χ2n) is 4.89. The zero-order valence-electron chi connectivity index (χ0n) is 10.3. The van der Waals surface area contributed by atoms with Gasteiger partial charge < -0.3 is 4.90 Å². The third kappa shape index (κ3) is 2.15. The van der Waals surface area contributed by atoms with Gasteiger partial charge in [-0.2, -0.15) is 13.2 Å². The number of hydrogen-bond acceptors (Lipinski definition) is 1. The molecule has 2 aromatic carbocycles. The molecule has 100 valence electrons. The van der Waals surface area contributed by atoms with Crippen LogP contribution in [0.1, 0.15) is 12.8 Å². The first-order chi connectivity index (χ1) is 9.07. The number of halogens is 3. The molecule has 1 heterocycles. The van der Waals surface area contributed by atoms with E-state index in [9.17, 15) is 13.2 Å². The summed E-state index contributed by atoms with van der Waals surface area (Å²) in [6, 6.07) is 11.8. The minimum atomic E-state index is -4.16. The van der Waals surface area contributed by atoms with Gasteiger partial charge in [0.1, 0.15) is 6.04 Å². The minimum absolute atomic E-state index is 0.187. The van der Waals surface area contributed by atoms with Crippen LogP contribution < -0.4 is 4.90 Å². The highest BCUT2D eigenvalue weighted by Crippen LogP contribution is 2.38. The van der Waals surface area contributed by atoms with Crippen LogP contribution in [0.2, 0.25) is 0 Å². The molecule has 0 aliphatic carbocycles. The van der Waals surface area contributed by atoms with Crippen LogP contribution in [0.5, 0.6) is 0 Å². The van der Waals surface area contributed by atoms with Crippen LogP contribution in [0, 0.1) is 0 Å². The van der Waals surface area contributed by atoms with Crippen LogP contribution >= 0.6 is 0 Å². The van der Waals surface area contributed by atoms with Crippen LogP contribution in [0.25, 0.3) is 10.8 Å². The van der Waals surface area contributed by atoms with Gasteiger partial charge >= 0.3 is 6.18 Å². The van der Waals surface area contributed by atoms with Crippen molar-refractivity contribution in [2.75, 3.05) is 11.4 Å². The fourth-order valence-electron chi connectivity index (χ4n) is 2.85. The Labute approximate surface area is 109 Å². The van der Waals surface area contributed by atoms with Gasteiger partial charge in [0.25, 0.3) is 0 Å². The van der Waals surface area contributed by atoms with Crippen molar-refractivity contribution in [3.05, 3.63) is 42.5 Å². The summed E-state index contributed by atoms with van der Waals surface area (Å²) in [4.78, 5) is 1.50. The zero-order valence-corrected chi connectivity index (χ0v) is 10.3. The van der Waals surface area contributed by atoms with Crippen molar-refractivity contribution in [2.24, 2.45) is 0 Å². The predicted molar refractivity (Wildman–Crippen MR) is 70.4 cm³/mol. The smallest absolute Gasteiger partial charge is 0.359 e. The fraction of sp³-hybridized carbons (Fsp3) is 0.333. The summed E-state index contributed by atoms with van der Waals surface area (Å²) in [5, 5.41) is 1.87. The van der Waals surface area contributed by atoms with E-state index >= 15 is 0 Å². The maximum absolute atomic E-state index is 13.1. The third-order valence-corrected chi connectivity index (χ3v) is 3.71. The van der Waals surface area contributed by atoms with Crippen molar-refractivity contribution in [3.8, 4) is 0 Å². The maximum atomic E-state index is 13.1. The molecule has 1 atom stereocenters. The number of anilines is 1. The number of nitrogens with zero attached hydrogens (tertiary/aromatic N) is 1. The molecule has 0 bridgehead atoms. The van der Waals surface area contributed by atoms with Gasteiger partial charge in [0.05, 0.1) is 0 Å². The lowest BCUT2D eigenvalue weighted by atomic mass is 10.1. The highest BCUT2D eigenvalue weighted by molar-refractivity contribution is 5.94. The Morgan fingerprint density at radius 3 is 2.53 bits per heavy atom. The van der Waals surface area contributed by atoms with Gasteiger partial charge in [0.15, 0.2) is 0 Å². The van der Waals surface area contributed by atoms with Crippen molar-refractivity contribution in [1.82, 2.24) is 0 Å². The van der Waals surface area contributed by atoms with Gasteiger partial charge in [-0.15, -0.1) is 0 Å². The molecule has 0 spiro atoms. The quantitative estimate of drug-likeness (QED) is 0.740. The molecule has 1 nitrogen and oxygen atoms in total. The molecule has 1 saturated heterocycles. The third-order valence-electron chi connectivity index (χ3n) is 3.71. The Morgan fingerprint density at radius 1 is 1.00 bits per heavy atom. The molecule has 2 aromatic rings. The fourth-order valence-corrected chi connectivity index (χ4v) is 2.85. The largest absolute Gasteiger partial charge is 0.408 e. The molecular weight excluding hydrogens is 251 g/mol. The Bertz CT molecular complexity index is 586. The predicted octanol–water partition coefficient (Wildman–Crippen LogP) is 4.37.